The molecule has 1 amide bonds. The normalized spacial score (nSPS) is 23.2. The molecule has 3 nitrogen and oxygen atoms in total. The third-order valence-electron chi connectivity index (χ3n) is 2.48. The van der Waals surface area contributed by atoms with Crippen molar-refractivity contribution in [3.63, 3.8) is 0 Å². The Morgan fingerprint density at radius 2 is 2.42 bits per heavy atom. The number of likely N-dealkylation sites (tertiary alicyclic amines) is 1. The first-order valence-corrected chi connectivity index (χ1v) is 4.54. The first-order chi connectivity index (χ1) is 5.77. The molecule has 0 aromatic carbocycles. The van der Waals surface area contributed by atoms with Crippen LogP contribution in [0, 0.1) is 5.92 Å². The summed E-state index contributed by atoms with van der Waals surface area (Å²) >= 11 is 0. The lowest BCUT2D eigenvalue weighted by molar-refractivity contribution is -0.134. The highest BCUT2D eigenvalue weighted by Crippen LogP contribution is 2.18. The van der Waals surface area contributed by atoms with E-state index in [-0.39, 0.29) is 12.5 Å². The van der Waals surface area contributed by atoms with Gasteiger partial charge in [-0.05, 0) is 12.3 Å². The van der Waals surface area contributed by atoms with E-state index >= 15 is 0 Å². The van der Waals surface area contributed by atoms with E-state index in [4.69, 9.17) is 4.74 Å². The van der Waals surface area contributed by atoms with Crippen LogP contribution in [-0.2, 0) is 9.53 Å². The number of rotatable bonds is 3. The van der Waals surface area contributed by atoms with Crippen molar-refractivity contribution in [2.75, 3.05) is 26.8 Å². The van der Waals surface area contributed by atoms with E-state index in [1.807, 2.05) is 4.90 Å². The average Bonchev–Trinajstić information content (AvgIpc) is 2.52. The summed E-state index contributed by atoms with van der Waals surface area (Å²) in [4.78, 5) is 13.2. The van der Waals surface area contributed by atoms with Crippen molar-refractivity contribution < 1.29 is 9.53 Å². The van der Waals surface area contributed by atoms with Gasteiger partial charge in [-0.3, -0.25) is 4.79 Å². The van der Waals surface area contributed by atoms with Crippen LogP contribution in [0.3, 0.4) is 0 Å². The summed E-state index contributed by atoms with van der Waals surface area (Å²) in [6, 6.07) is 0. The summed E-state index contributed by atoms with van der Waals surface area (Å²) in [6.45, 7) is 4.25. The summed E-state index contributed by atoms with van der Waals surface area (Å²) in [6.07, 6.45) is 2.34. The largest absolute Gasteiger partial charge is 0.375 e. The van der Waals surface area contributed by atoms with E-state index in [9.17, 15) is 4.79 Å². The molecule has 1 aliphatic rings. The molecule has 0 saturated carbocycles. The molecule has 0 aromatic heterocycles. The van der Waals surface area contributed by atoms with E-state index in [0.717, 1.165) is 19.5 Å². The van der Waals surface area contributed by atoms with Gasteiger partial charge in [-0.25, -0.2) is 0 Å². The molecule has 0 bridgehead atoms. The van der Waals surface area contributed by atoms with Gasteiger partial charge in [-0.1, -0.05) is 13.3 Å². The van der Waals surface area contributed by atoms with Crippen molar-refractivity contribution in [2.24, 2.45) is 5.92 Å². The van der Waals surface area contributed by atoms with Gasteiger partial charge in [0.1, 0.15) is 6.61 Å². The Balaban J connectivity index is 2.31. The maximum Gasteiger partial charge on any atom is 0.248 e. The molecule has 0 aromatic rings. The van der Waals surface area contributed by atoms with Crippen molar-refractivity contribution in [3.05, 3.63) is 0 Å². The Kier molecular flexibility index (Phi) is 3.53. The fourth-order valence-electron chi connectivity index (χ4n) is 1.61. The zero-order chi connectivity index (χ0) is 8.97. The van der Waals surface area contributed by atoms with Gasteiger partial charge in [0.2, 0.25) is 5.91 Å². The maximum absolute atomic E-state index is 11.3. The number of ether oxygens (including phenoxy) is 1. The number of methoxy groups -OCH3 is 1. The van der Waals surface area contributed by atoms with Gasteiger partial charge >= 0.3 is 0 Å². The van der Waals surface area contributed by atoms with Crippen molar-refractivity contribution in [1.29, 1.82) is 0 Å². The lowest BCUT2D eigenvalue weighted by Crippen LogP contribution is -2.31. The summed E-state index contributed by atoms with van der Waals surface area (Å²) in [5.74, 6) is 0.847. The Hall–Kier alpha value is -0.570. The SMILES string of the molecule is CC[C@H]1CCN(C(=O)COC)C1. The number of hydrogen-bond donors (Lipinski definition) is 0. The first-order valence-electron chi connectivity index (χ1n) is 4.54. The maximum atomic E-state index is 11.3. The average molecular weight is 171 g/mol. The van der Waals surface area contributed by atoms with Crippen LogP contribution in [0.4, 0.5) is 0 Å². The van der Waals surface area contributed by atoms with E-state index in [1.54, 1.807) is 7.11 Å². The minimum atomic E-state index is 0.133. The number of carbonyl (C=O) groups is 1. The Morgan fingerprint density at radius 3 is 2.92 bits per heavy atom. The van der Waals surface area contributed by atoms with Gasteiger partial charge in [0.05, 0.1) is 0 Å². The molecule has 1 fully saturated rings. The molecule has 0 unspecified atom stereocenters. The van der Waals surface area contributed by atoms with Crippen molar-refractivity contribution in [1.82, 2.24) is 4.90 Å². The molecule has 1 aliphatic heterocycles. The van der Waals surface area contributed by atoms with E-state index in [1.165, 1.54) is 6.42 Å². The Labute approximate surface area is 73.7 Å². The quantitative estimate of drug-likeness (QED) is 0.631. The standard InChI is InChI=1S/C9H17NO2/c1-3-8-4-5-10(6-8)9(11)7-12-2/h8H,3-7H2,1-2H3/t8-/m0/s1. The number of nitrogens with zero attached hydrogens (tertiary/aromatic N) is 1. The highest BCUT2D eigenvalue weighted by molar-refractivity contribution is 5.77. The second-order valence-electron chi connectivity index (χ2n) is 3.34. The van der Waals surface area contributed by atoms with E-state index < -0.39 is 0 Å². The van der Waals surface area contributed by atoms with Crippen LogP contribution < -0.4 is 0 Å². The molecule has 0 spiro atoms. The second kappa shape index (κ2) is 4.45. The predicted molar refractivity (Wildman–Crippen MR) is 46.9 cm³/mol. The van der Waals surface area contributed by atoms with Crippen LogP contribution >= 0.6 is 0 Å². The molecular formula is C9H17NO2. The highest BCUT2D eigenvalue weighted by Gasteiger charge is 2.24. The molecular weight excluding hydrogens is 154 g/mol. The molecule has 3 heteroatoms. The highest BCUT2D eigenvalue weighted by atomic mass is 16.5. The van der Waals surface area contributed by atoms with Gasteiger partial charge in [0, 0.05) is 20.2 Å². The van der Waals surface area contributed by atoms with Gasteiger partial charge in [-0.15, -0.1) is 0 Å². The van der Waals surface area contributed by atoms with Crippen LogP contribution in [0.15, 0.2) is 0 Å². The van der Waals surface area contributed by atoms with Crippen molar-refractivity contribution >= 4 is 5.91 Å². The van der Waals surface area contributed by atoms with Gasteiger partial charge in [0.15, 0.2) is 0 Å². The molecule has 12 heavy (non-hydrogen) atoms. The summed E-state index contributed by atoms with van der Waals surface area (Å²) in [5.41, 5.74) is 0. The van der Waals surface area contributed by atoms with Gasteiger partial charge in [0.25, 0.3) is 0 Å². The smallest absolute Gasteiger partial charge is 0.248 e. The number of carbonyl (C=O) groups excluding carboxylic acids is 1. The number of amides is 1. The summed E-state index contributed by atoms with van der Waals surface area (Å²) < 4.78 is 4.79. The van der Waals surface area contributed by atoms with Gasteiger partial charge < -0.3 is 9.64 Å². The lowest BCUT2D eigenvalue weighted by atomic mass is 10.1. The van der Waals surface area contributed by atoms with Crippen LogP contribution in [0.1, 0.15) is 19.8 Å². The molecule has 1 saturated heterocycles. The third-order valence-corrected chi connectivity index (χ3v) is 2.48. The Morgan fingerprint density at radius 1 is 1.67 bits per heavy atom. The predicted octanol–water partition coefficient (Wildman–Crippen LogP) is 0.891. The summed E-state index contributed by atoms with van der Waals surface area (Å²) in [5, 5.41) is 0. The zero-order valence-corrected chi connectivity index (χ0v) is 7.88. The van der Waals surface area contributed by atoms with E-state index in [0.29, 0.717) is 5.92 Å². The molecule has 1 rings (SSSR count). The van der Waals surface area contributed by atoms with Crippen LogP contribution in [0.2, 0.25) is 0 Å². The van der Waals surface area contributed by atoms with Crippen LogP contribution in [-0.4, -0.2) is 37.6 Å². The van der Waals surface area contributed by atoms with E-state index in [2.05, 4.69) is 6.92 Å². The molecule has 1 heterocycles. The monoisotopic (exact) mass is 171 g/mol. The Bertz CT molecular complexity index is 159. The minimum Gasteiger partial charge on any atom is -0.375 e. The fraction of sp³-hybridized carbons (Fsp3) is 0.889. The lowest BCUT2D eigenvalue weighted by Gasteiger charge is -2.15. The second-order valence-corrected chi connectivity index (χ2v) is 3.34. The fourth-order valence-corrected chi connectivity index (χ4v) is 1.61. The molecule has 0 aliphatic carbocycles. The first kappa shape index (κ1) is 9.52. The van der Waals surface area contributed by atoms with Crippen molar-refractivity contribution in [3.8, 4) is 0 Å². The zero-order valence-electron chi connectivity index (χ0n) is 7.88. The molecule has 70 valence electrons. The number of hydrogen-bond acceptors (Lipinski definition) is 2. The molecule has 0 radical (unpaired) electrons. The molecule has 1 atom stereocenters. The minimum absolute atomic E-state index is 0.133. The van der Waals surface area contributed by atoms with Crippen LogP contribution in [0.5, 0.6) is 0 Å². The summed E-state index contributed by atoms with van der Waals surface area (Å²) in [7, 11) is 1.56. The molecule has 0 N–H and O–H groups in total. The van der Waals surface area contributed by atoms with Crippen LogP contribution in [0.25, 0.3) is 0 Å². The topological polar surface area (TPSA) is 29.5 Å². The van der Waals surface area contributed by atoms with Crippen molar-refractivity contribution in [2.45, 2.75) is 19.8 Å². The third kappa shape index (κ3) is 2.21. The van der Waals surface area contributed by atoms with Gasteiger partial charge in [-0.2, -0.15) is 0 Å².